The normalized spacial score (nSPS) is 11.6. The minimum absolute atomic E-state index is 0.117. The van der Waals surface area contributed by atoms with E-state index in [0.717, 1.165) is 0 Å². The van der Waals surface area contributed by atoms with E-state index < -0.39 is 11.9 Å². The van der Waals surface area contributed by atoms with E-state index in [1.807, 2.05) is 0 Å². The van der Waals surface area contributed by atoms with Gasteiger partial charge < -0.3 is 10.4 Å². The molecule has 0 radical (unpaired) electrons. The zero-order valence-electron chi connectivity index (χ0n) is 10.7. The van der Waals surface area contributed by atoms with Gasteiger partial charge in [-0.3, -0.25) is 14.6 Å². The van der Waals surface area contributed by atoms with Gasteiger partial charge in [0.15, 0.2) is 0 Å². The number of nitrogens with one attached hydrogen (secondary N) is 1. The van der Waals surface area contributed by atoms with E-state index in [-0.39, 0.29) is 12.3 Å². The van der Waals surface area contributed by atoms with Crippen molar-refractivity contribution in [2.45, 2.75) is 12.3 Å². The molecule has 0 aliphatic carbocycles. The molecule has 1 heterocycles. The third kappa shape index (κ3) is 3.65. The number of hydrogen-bond acceptors (Lipinski definition) is 3. The van der Waals surface area contributed by atoms with E-state index in [0.29, 0.717) is 11.3 Å². The monoisotopic (exact) mass is 270 g/mol. The summed E-state index contributed by atoms with van der Waals surface area (Å²) in [5.41, 5.74) is 1.16. The van der Waals surface area contributed by atoms with E-state index in [1.54, 1.807) is 48.7 Å². The van der Waals surface area contributed by atoms with Gasteiger partial charge >= 0.3 is 5.97 Å². The molecule has 0 aliphatic heterocycles. The molecule has 1 aromatic carbocycles. The van der Waals surface area contributed by atoms with Crippen LogP contribution in [0.15, 0.2) is 54.9 Å². The standard InChI is InChI=1S/C15H14N2O3/c18-14(17-12-7-4-8-16-10-12)9-13(15(19)20)11-5-2-1-3-6-11/h1-8,10,13H,9H2,(H,17,18)(H,19,20). The number of anilines is 1. The van der Waals surface area contributed by atoms with Crippen molar-refractivity contribution < 1.29 is 14.7 Å². The highest BCUT2D eigenvalue weighted by Gasteiger charge is 2.23. The lowest BCUT2D eigenvalue weighted by Crippen LogP contribution is -2.20. The quantitative estimate of drug-likeness (QED) is 0.873. The highest BCUT2D eigenvalue weighted by Crippen LogP contribution is 2.20. The maximum atomic E-state index is 11.9. The van der Waals surface area contributed by atoms with Gasteiger partial charge in [-0.2, -0.15) is 0 Å². The molecule has 1 aromatic heterocycles. The number of aromatic nitrogens is 1. The number of carbonyl (C=O) groups is 2. The molecule has 2 aromatic rings. The van der Waals surface area contributed by atoms with Crippen LogP contribution in [-0.4, -0.2) is 22.0 Å². The van der Waals surface area contributed by atoms with Crippen LogP contribution >= 0.6 is 0 Å². The zero-order chi connectivity index (χ0) is 14.4. The smallest absolute Gasteiger partial charge is 0.311 e. The van der Waals surface area contributed by atoms with Crippen LogP contribution in [0.4, 0.5) is 5.69 Å². The molecular weight excluding hydrogens is 256 g/mol. The Morgan fingerprint density at radius 3 is 2.50 bits per heavy atom. The van der Waals surface area contributed by atoms with E-state index in [4.69, 9.17) is 0 Å². The summed E-state index contributed by atoms with van der Waals surface area (Å²) in [6.45, 7) is 0. The van der Waals surface area contributed by atoms with Gasteiger partial charge in [0, 0.05) is 12.6 Å². The third-order valence-corrected chi connectivity index (χ3v) is 2.83. The summed E-state index contributed by atoms with van der Waals surface area (Å²) in [5.74, 6) is -2.22. The maximum Gasteiger partial charge on any atom is 0.311 e. The summed E-state index contributed by atoms with van der Waals surface area (Å²) in [7, 11) is 0. The Labute approximate surface area is 116 Å². The molecule has 0 bridgehead atoms. The van der Waals surface area contributed by atoms with Gasteiger partial charge in [0.2, 0.25) is 5.91 Å². The Hall–Kier alpha value is -2.69. The summed E-state index contributed by atoms with van der Waals surface area (Å²) in [4.78, 5) is 27.1. The molecule has 0 aliphatic rings. The lowest BCUT2D eigenvalue weighted by molar-refractivity contribution is -0.140. The fourth-order valence-corrected chi connectivity index (χ4v) is 1.87. The second kappa shape index (κ2) is 6.47. The van der Waals surface area contributed by atoms with Crippen LogP contribution in [0.25, 0.3) is 0 Å². The SMILES string of the molecule is O=C(CC(C(=O)O)c1ccccc1)Nc1cccnc1. The van der Waals surface area contributed by atoms with Crippen molar-refractivity contribution in [3.05, 3.63) is 60.4 Å². The number of amides is 1. The number of benzene rings is 1. The summed E-state index contributed by atoms with van der Waals surface area (Å²) in [6, 6.07) is 12.1. The number of aliphatic carboxylic acids is 1. The number of hydrogen-bond donors (Lipinski definition) is 2. The van der Waals surface area contributed by atoms with Gasteiger partial charge in [0.25, 0.3) is 0 Å². The van der Waals surface area contributed by atoms with Crippen molar-refractivity contribution in [1.82, 2.24) is 4.98 Å². The summed E-state index contributed by atoms with van der Waals surface area (Å²) in [5, 5.41) is 11.9. The summed E-state index contributed by atoms with van der Waals surface area (Å²) >= 11 is 0. The first kappa shape index (κ1) is 13.7. The van der Waals surface area contributed by atoms with Crippen molar-refractivity contribution in [2.24, 2.45) is 0 Å². The second-order valence-electron chi connectivity index (χ2n) is 4.30. The molecular formula is C15H14N2O3. The third-order valence-electron chi connectivity index (χ3n) is 2.83. The summed E-state index contributed by atoms with van der Waals surface area (Å²) < 4.78 is 0. The Morgan fingerprint density at radius 2 is 1.90 bits per heavy atom. The molecule has 20 heavy (non-hydrogen) atoms. The second-order valence-corrected chi connectivity index (χ2v) is 4.30. The Balaban J connectivity index is 2.06. The molecule has 5 heteroatoms. The maximum absolute atomic E-state index is 11.9. The molecule has 0 saturated heterocycles. The van der Waals surface area contributed by atoms with Crippen LogP contribution in [0.5, 0.6) is 0 Å². The van der Waals surface area contributed by atoms with E-state index >= 15 is 0 Å². The first-order valence-electron chi connectivity index (χ1n) is 6.14. The fourth-order valence-electron chi connectivity index (χ4n) is 1.87. The zero-order valence-corrected chi connectivity index (χ0v) is 10.7. The largest absolute Gasteiger partial charge is 0.481 e. The van der Waals surface area contributed by atoms with Crippen molar-refractivity contribution in [2.75, 3.05) is 5.32 Å². The topological polar surface area (TPSA) is 79.3 Å². The van der Waals surface area contributed by atoms with E-state index in [9.17, 15) is 14.7 Å². The number of rotatable bonds is 5. The molecule has 1 atom stereocenters. The minimum Gasteiger partial charge on any atom is -0.481 e. The van der Waals surface area contributed by atoms with Crippen molar-refractivity contribution >= 4 is 17.6 Å². The van der Waals surface area contributed by atoms with Gasteiger partial charge in [-0.05, 0) is 17.7 Å². The predicted molar refractivity (Wildman–Crippen MR) is 74.3 cm³/mol. The van der Waals surface area contributed by atoms with Gasteiger partial charge in [-0.25, -0.2) is 0 Å². The Bertz CT molecular complexity index is 585. The van der Waals surface area contributed by atoms with Crippen molar-refractivity contribution in [3.8, 4) is 0 Å². The van der Waals surface area contributed by atoms with Crippen LogP contribution in [0.3, 0.4) is 0 Å². The van der Waals surface area contributed by atoms with Gasteiger partial charge in [-0.1, -0.05) is 30.3 Å². The molecule has 0 spiro atoms. The lowest BCUT2D eigenvalue weighted by atomic mass is 9.95. The highest BCUT2D eigenvalue weighted by atomic mass is 16.4. The number of nitrogens with zero attached hydrogens (tertiary/aromatic N) is 1. The molecule has 1 unspecified atom stereocenters. The van der Waals surface area contributed by atoms with Crippen LogP contribution in [0.2, 0.25) is 0 Å². The molecule has 5 nitrogen and oxygen atoms in total. The molecule has 0 saturated carbocycles. The average Bonchev–Trinajstić information content (AvgIpc) is 2.46. The minimum atomic E-state index is -1.02. The molecule has 1 amide bonds. The van der Waals surface area contributed by atoms with Crippen molar-refractivity contribution in [1.29, 1.82) is 0 Å². The van der Waals surface area contributed by atoms with Gasteiger partial charge in [0.05, 0.1) is 17.8 Å². The molecule has 102 valence electrons. The molecule has 2 N–H and O–H groups in total. The van der Waals surface area contributed by atoms with Crippen LogP contribution < -0.4 is 5.32 Å². The number of pyridine rings is 1. The van der Waals surface area contributed by atoms with Crippen LogP contribution in [0.1, 0.15) is 17.9 Å². The van der Waals surface area contributed by atoms with Crippen LogP contribution in [0, 0.1) is 0 Å². The molecule has 2 rings (SSSR count). The summed E-state index contributed by atoms with van der Waals surface area (Å²) in [6.07, 6.45) is 2.99. The fraction of sp³-hybridized carbons (Fsp3) is 0.133. The number of carboxylic acid groups (broad SMARTS) is 1. The van der Waals surface area contributed by atoms with Crippen LogP contribution in [-0.2, 0) is 9.59 Å². The number of carbonyl (C=O) groups excluding carboxylic acids is 1. The van der Waals surface area contributed by atoms with Crippen molar-refractivity contribution in [3.63, 3.8) is 0 Å². The number of carboxylic acids is 1. The predicted octanol–water partition coefficient (Wildman–Crippen LogP) is 2.28. The lowest BCUT2D eigenvalue weighted by Gasteiger charge is -2.12. The Kier molecular flexibility index (Phi) is 4.44. The van der Waals surface area contributed by atoms with E-state index in [2.05, 4.69) is 10.3 Å². The van der Waals surface area contributed by atoms with E-state index in [1.165, 1.54) is 6.20 Å². The average molecular weight is 270 g/mol. The van der Waals surface area contributed by atoms with Gasteiger partial charge in [0.1, 0.15) is 0 Å². The molecule has 0 fully saturated rings. The first-order chi connectivity index (χ1) is 9.66. The Morgan fingerprint density at radius 1 is 1.15 bits per heavy atom. The first-order valence-corrected chi connectivity index (χ1v) is 6.14. The van der Waals surface area contributed by atoms with Gasteiger partial charge in [-0.15, -0.1) is 0 Å². The highest BCUT2D eigenvalue weighted by molar-refractivity contribution is 5.94.